The molecule has 0 aliphatic heterocycles. The summed E-state index contributed by atoms with van der Waals surface area (Å²) < 4.78 is 34.3. The zero-order valence-electron chi connectivity index (χ0n) is 24.0. The molecular formula is C31H39N3O5S. The van der Waals surface area contributed by atoms with Gasteiger partial charge in [-0.05, 0) is 81.1 Å². The summed E-state index contributed by atoms with van der Waals surface area (Å²) >= 11 is 0. The van der Waals surface area contributed by atoms with Crippen molar-refractivity contribution in [3.8, 4) is 5.75 Å². The largest absolute Gasteiger partial charge is 0.497 e. The van der Waals surface area contributed by atoms with Crippen LogP contribution < -0.4 is 14.4 Å². The fourth-order valence-corrected chi connectivity index (χ4v) is 5.69. The van der Waals surface area contributed by atoms with Crippen molar-refractivity contribution in [1.82, 2.24) is 10.2 Å². The van der Waals surface area contributed by atoms with E-state index < -0.39 is 28.5 Å². The molecule has 3 rings (SSSR count). The maximum absolute atomic E-state index is 14.0. The molecule has 0 spiro atoms. The van der Waals surface area contributed by atoms with Gasteiger partial charge in [0, 0.05) is 12.6 Å². The lowest BCUT2D eigenvalue weighted by molar-refractivity contribution is -0.139. The van der Waals surface area contributed by atoms with Gasteiger partial charge in [-0.1, -0.05) is 49.4 Å². The number of carbonyl (C=O) groups is 2. The highest BCUT2D eigenvalue weighted by Crippen LogP contribution is 2.28. The maximum atomic E-state index is 14.0. The Bertz CT molecular complexity index is 1410. The predicted molar refractivity (Wildman–Crippen MR) is 158 cm³/mol. The second-order valence-corrected chi connectivity index (χ2v) is 11.8. The van der Waals surface area contributed by atoms with Gasteiger partial charge in [0.2, 0.25) is 11.8 Å². The Morgan fingerprint density at radius 3 is 2.20 bits per heavy atom. The molecule has 2 amide bonds. The van der Waals surface area contributed by atoms with E-state index in [1.807, 2.05) is 52.0 Å². The van der Waals surface area contributed by atoms with E-state index in [4.69, 9.17) is 4.74 Å². The highest BCUT2D eigenvalue weighted by molar-refractivity contribution is 7.92. The molecule has 0 fully saturated rings. The number of hydrogen-bond acceptors (Lipinski definition) is 5. The summed E-state index contributed by atoms with van der Waals surface area (Å²) in [7, 11) is -2.53. The summed E-state index contributed by atoms with van der Waals surface area (Å²) in [5.74, 6) is -0.136. The lowest BCUT2D eigenvalue weighted by Crippen LogP contribution is -2.52. The third-order valence-corrected chi connectivity index (χ3v) is 8.70. The van der Waals surface area contributed by atoms with Crippen LogP contribution in [0, 0.1) is 13.8 Å². The second-order valence-electron chi connectivity index (χ2n) is 9.98. The normalized spacial score (nSPS) is 12.8. The van der Waals surface area contributed by atoms with Crippen molar-refractivity contribution in [3.05, 3.63) is 89.5 Å². The van der Waals surface area contributed by atoms with E-state index >= 15 is 0 Å². The number of carbonyl (C=O) groups excluding carboxylic acids is 2. The number of rotatable bonds is 12. The Hall–Kier alpha value is -3.85. The first-order valence-corrected chi connectivity index (χ1v) is 14.8. The molecule has 3 aromatic carbocycles. The smallest absolute Gasteiger partial charge is 0.264 e. The number of methoxy groups -OCH3 is 1. The molecular weight excluding hydrogens is 526 g/mol. The van der Waals surface area contributed by atoms with E-state index in [0.29, 0.717) is 17.0 Å². The molecule has 0 saturated carbocycles. The Morgan fingerprint density at radius 1 is 0.950 bits per heavy atom. The van der Waals surface area contributed by atoms with Crippen LogP contribution >= 0.6 is 0 Å². The number of sulfonamides is 1. The number of nitrogens with zero attached hydrogens (tertiary/aromatic N) is 2. The van der Waals surface area contributed by atoms with Crippen molar-refractivity contribution in [1.29, 1.82) is 0 Å². The van der Waals surface area contributed by atoms with Gasteiger partial charge >= 0.3 is 0 Å². The molecule has 0 heterocycles. The molecule has 0 bridgehead atoms. The van der Waals surface area contributed by atoms with Gasteiger partial charge in [-0.25, -0.2) is 8.42 Å². The quantitative estimate of drug-likeness (QED) is 0.339. The van der Waals surface area contributed by atoms with Crippen molar-refractivity contribution in [3.63, 3.8) is 0 Å². The molecule has 1 N–H and O–H groups in total. The minimum Gasteiger partial charge on any atom is -0.497 e. The molecule has 8 nitrogen and oxygen atoms in total. The van der Waals surface area contributed by atoms with E-state index in [-0.39, 0.29) is 23.4 Å². The van der Waals surface area contributed by atoms with E-state index in [9.17, 15) is 18.0 Å². The molecule has 2 atom stereocenters. The molecule has 3 aromatic rings. The van der Waals surface area contributed by atoms with Gasteiger partial charge in [-0.2, -0.15) is 0 Å². The highest BCUT2D eigenvalue weighted by Gasteiger charge is 2.33. The monoisotopic (exact) mass is 565 g/mol. The van der Waals surface area contributed by atoms with E-state index in [1.165, 1.54) is 17.0 Å². The van der Waals surface area contributed by atoms with Gasteiger partial charge in [-0.15, -0.1) is 0 Å². The average molecular weight is 566 g/mol. The summed E-state index contributed by atoms with van der Waals surface area (Å²) in [5, 5.41) is 2.94. The van der Waals surface area contributed by atoms with Crippen LogP contribution in [0.4, 0.5) is 5.69 Å². The Labute approximate surface area is 238 Å². The average Bonchev–Trinajstić information content (AvgIpc) is 2.96. The topological polar surface area (TPSA) is 96.0 Å². The Kier molecular flexibility index (Phi) is 10.3. The number of amides is 2. The number of anilines is 1. The molecule has 0 saturated heterocycles. The van der Waals surface area contributed by atoms with Gasteiger partial charge < -0.3 is 15.0 Å². The van der Waals surface area contributed by atoms with Crippen molar-refractivity contribution >= 4 is 27.5 Å². The zero-order valence-corrected chi connectivity index (χ0v) is 24.9. The molecule has 40 heavy (non-hydrogen) atoms. The summed E-state index contributed by atoms with van der Waals surface area (Å²) in [4.78, 5) is 28.7. The number of aryl methyl sites for hydroxylation is 2. The van der Waals surface area contributed by atoms with Crippen LogP contribution in [-0.2, 0) is 26.2 Å². The summed E-state index contributed by atoms with van der Waals surface area (Å²) in [6.45, 7) is 8.84. The summed E-state index contributed by atoms with van der Waals surface area (Å²) in [6, 6.07) is 19.8. The Morgan fingerprint density at radius 2 is 1.60 bits per heavy atom. The van der Waals surface area contributed by atoms with Crippen LogP contribution in [0.3, 0.4) is 0 Å². The van der Waals surface area contributed by atoms with Crippen molar-refractivity contribution < 1.29 is 22.7 Å². The minimum atomic E-state index is -4.10. The lowest BCUT2D eigenvalue weighted by Gasteiger charge is -2.33. The fraction of sp³-hybridized carbons (Fsp3) is 0.355. The van der Waals surface area contributed by atoms with E-state index in [1.54, 1.807) is 50.4 Å². The number of nitrogens with one attached hydrogen (secondary N) is 1. The zero-order chi connectivity index (χ0) is 29.4. The van der Waals surface area contributed by atoms with E-state index in [0.717, 1.165) is 21.9 Å². The predicted octanol–water partition coefficient (Wildman–Crippen LogP) is 4.84. The number of hydrogen-bond donors (Lipinski definition) is 1. The summed E-state index contributed by atoms with van der Waals surface area (Å²) in [5.41, 5.74) is 2.76. The van der Waals surface area contributed by atoms with Crippen molar-refractivity contribution in [2.75, 3.05) is 18.0 Å². The Balaban J connectivity index is 2.05. The molecule has 0 aliphatic rings. The van der Waals surface area contributed by atoms with E-state index in [2.05, 4.69) is 5.32 Å². The first kappa shape index (κ1) is 30.7. The van der Waals surface area contributed by atoms with Crippen LogP contribution in [0.5, 0.6) is 5.75 Å². The third kappa shape index (κ3) is 7.41. The van der Waals surface area contributed by atoms with Crippen molar-refractivity contribution in [2.45, 2.75) is 64.6 Å². The van der Waals surface area contributed by atoms with Crippen LogP contribution in [0.2, 0.25) is 0 Å². The van der Waals surface area contributed by atoms with Gasteiger partial charge in [0.05, 0.1) is 17.7 Å². The molecule has 9 heteroatoms. The van der Waals surface area contributed by atoms with Gasteiger partial charge in [-0.3, -0.25) is 13.9 Å². The van der Waals surface area contributed by atoms with Gasteiger partial charge in [0.1, 0.15) is 18.3 Å². The first-order chi connectivity index (χ1) is 19.0. The molecule has 214 valence electrons. The van der Waals surface area contributed by atoms with Gasteiger partial charge in [0.25, 0.3) is 10.0 Å². The van der Waals surface area contributed by atoms with Gasteiger partial charge in [0.15, 0.2) is 0 Å². The highest BCUT2D eigenvalue weighted by atomic mass is 32.2. The molecule has 0 aromatic heterocycles. The van der Waals surface area contributed by atoms with Crippen LogP contribution in [0.15, 0.2) is 77.7 Å². The second kappa shape index (κ2) is 13.5. The third-order valence-electron chi connectivity index (χ3n) is 6.92. The molecule has 0 radical (unpaired) electrons. The minimum absolute atomic E-state index is 0.0715. The van der Waals surface area contributed by atoms with Crippen LogP contribution in [0.1, 0.15) is 43.9 Å². The molecule has 2 unspecified atom stereocenters. The van der Waals surface area contributed by atoms with Crippen LogP contribution in [-0.4, -0.2) is 50.9 Å². The fourth-order valence-electron chi connectivity index (χ4n) is 4.20. The SMILES string of the molecule is CCC(C)NC(=O)C(C)N(Cc1ccc(OC)cc1)C(=O)CN(c1cc(C)ccc1C)S(=O)(=O)c1ccccc1. The van der Waals surface area contributed by atoms with Crippen molar-refractivity contribution in [2.24, 2.45) is 0 Å². The van der Waals surface area contributed by atoms with Crippen LogP contribution in [0.25, 0.3) is 0 Å². The molecule has 0 aliphatic carbocycles. The standard InChI is InChI=1S/C31H39N3O5S/c1-7-24(4)32-31(36)25(5)33(20-26-15-17-27(39-6)18-16-26)30(35)21-34(29-19-22(2)13-14-23(29)3)40(37,38)28-11-9-8-10-12-28/h8-19,24-25H,7,20-21H2,1-6H3,(H,32,36). The number of ether oxygens (including phenoxy) is 1. The maximum Gasteiger partial charge on any atom is 0.264 e. The summed E-state index contributed by atoms with van der Waals surface area (Å²) in [6.07, 6.45) is 0.737. The first-order valence-electron chi connectivity index (χ1n) is 13.4. The lowest BCUT2D eigenvalue weighted by atomic mass is 10.1. The number of benzene rings is 3.